The molecule has 0 fully saturated rings. The van der Waals surface area contributed by atoms with Crippen molar-refractivity contribution >= 4 is 5.91 Å². The summed E-state index contributed by atoms with van der Waals surface area (Å²) in [5.74, 6) is 0.755. The summed E-state index contributed by atoms with van der Waals surface area (Å²) in [7, 11) is 0. The van der Waals surface area contributed by atoms with Gasteiger partial charge in [-0.3, -0.25) is 4.79 Å². The van der Waals surface area contributed by atoms with Crippen molar-refractivity contribution in [3.05, 3.63) is 53.6 Å². The number of nitrogens with one attached hydrogen (secondary N) is 2. The smallest absolute Gasteiger partial charge is 0.252 e. The molecule has 0 saturated carbocycles. The normalized spacial score (nSPS) is 12.1. The van der Waals surface area contributed by atoms with E-state index in [0.717, 1.165) is 29.8 Å². The molecule has 0 radical (unpaired) electrons. The van der Waals surface area contributed by atoms with Crippen LogP contribution in [0.15, 0.2) is 36.7 Å². The summed E-state index contributed by atoms with van der Waals surface area (Å²) in [4.78, 5) is 19.6. The Hall–Kier alpha value is -2.10. The summed E-state index contributed by atoms with van der Waals surface area (Å²) in [6, 6.07) is 7.63. The predicted octanol–water partition coefficient (Wildman–Crippen LogP) is 2.85. The monoisotopic (exact) mass is 257 g/mol. The fourth-order valence-electron chi connectivity index (χ4n) is 2.12. The van der Waals surface area contributed by atoms with E-state index in [-0.39, 0.29) is 11.9 Å². The van der Waals surface area contributed by atoms with Crippen LogP contribution in [0.1, 0.15) is 48.1 Å². The lowest BCUT2D eigenvalue weighted by Gasteiger charge is -2.16. The largest absolute Gasteiger partial charge is 0.347 e. The van der Waals surface area contributed by atoms with E-state index in [9.17, 15) is 4.79 Å². The minimum Gasteiger partial charge on any atom is -0.347 e. The standard InChI is InChI=1S/C15H19N3O/c1-3-11-7-5-6-8-12(11)15(19)18-13(4-2)14-16-9-10-17-14/h5-10,13H,3-4H2,1-2H3,(H,16,17)(H,18,19). The van der Waals surface area contributed by atoms with Gasteiger partial charge < -0.3 is 10.3 Å². The number of carbonyl (C=O) groups excluding carboxylic acids is 1. The zero-order valence-electron chi connectivity index (χ0n) is 11.3. The van der Waals surface area contributed by atoms with Crippen molar-refractivity contribution in [3.8, 4) is 0 Å². The first-order chi connectivity index (χ1) is 9.26. The molecule has 2 N–H and O–H groups in total. The quantitative estimate of drug-likeness (QED) is 0.865. The average molecular weight is 257 g/mol. The van der Waals surface area contributed by atoms with Crippen LogP contribution in [0.3, 0.4) is 0 Å². The second kappa shape index (κ2) is 6.18. The molecular formula is C15H19N3O. The molecule has 2 rings (SSSR count). The molecule has 1 unspecified atom stereocenters. The number of aromatic nitrogens is 2. The van der Waals surface area contributed by atoms with Crippen molar-refractivity contribution in [1.82, 2.24) is 15.3 Å². The van der Waals surface area contributed by atoms with Crippen LogP contribution in [-0.4, -0.2) is 15.9 Å². The summed E-state index contributed by atoms with van der Waals surface area (Å²) in [6.07, 6.45) is 5.11. The van der Waals surface area contributed by atoms with Crippen LogP contribution in [0.4, 0.5) is 0 Å². The van der Waals surface area contributed by atoms with Crippen molar-refractivity contribution in [2.75, 3.05) is 0 Å². The molecule has 1 heterocycles. The van der Waals surface area contributed by atoms with Crippen LogP contribution in [-0.2, 0) is 6.42 Å². The molecule has 0 aliphatic heterocycles. The molecule has 0 spiro atoms. The summed E-state index contributed by atoms with van der Waals surface area (Å²) in [6.45, 7) is 4.08. The molecular weight excluding hydrogens is 238 g/mol. The number of rotatable bonds is 5. The molecule has 0 aliphatic rings. The third-order valence-electron chi connectivity index (χ3n) is 3.21. The summed E-state index contributed by atoms with van der Waals surface area (Å²) < 4.78 is 0. The highest BCUT2D eigenvalue weighted by Crippen LogP contribution is 2.15. The fraction of sp³-hybridized carbons (Fsp3) is 0.333. The molecule has 1 amide bonds. The van der Waals surface area contributed by atoms with E-state index < -0.39 is 0 Å². The fourth-order valence-corrected chi connectivity index (χ4v) is 2.12. The van der Waals surface area contributed by atoms with Gasteiger partial charge in [-0.1, -0.05) is 32.0 Å². The van der Waals surface area contributed by atoms with Crippen LogP contribution in [0.5, 0.6) is 0 Å². The van der Waals surface area contributed by atoms with Crippen LogP contribution >= 0.6 is 0 Å². The number of amides is 1. The average Bonchev–Trinajstić information content (AvgIpc) is 2.98. The maximum atomic E-state index is 12.3. The maximum Gasteiger partial charge on any atom is 0.252 e. The summed E-state index contributed by atoms with van der Waals surface area (Å²) in [5, 5.41) is 3.03. The molecule has 1 atom stereocenters. The SMILES string of the molecule is CCc1ccccc1C(=O)NC(CC)c1ncc[nH]1. The van der Waals surface area contributed by atoms with Gasteiger partial charge in [0, 0.05) is 18.0 Å². The van der Waals surface area contributed by atoms with Crippen LogP contribution < -0.4 is 5.32 Å². The second-order valence-corrected chi connectivity index (χ2v) is 4.42. The highest BCUT2D eigenvalue weighted by atomic mass is 16.1. The van der Waals surface area contributed by atoms with Gasteiger partial charge in [-0.2, -0.15) is 0 Å². The third kappa shape index (κ3) is 3.02. The van der Waals surface area contributed by atoms with E-state index >= 15 is 0 Å². The van der Waals surface area contributed by atoms with Gasteiger partial charge in [0.25, 0.3) is 5.91 Å². The van der Waals surface area contributed by atoms with Crippen LogP contribution in [0.25, 0.3) is 0 Å². The van der Waals surface area contributed by atoms with Crippen molar-refractivity contribution < 1.29 is 4.79 Å². The summed E-state index contributed by atoms with van der Waals surface area (Å²) >= 11 is 0. The van der Waals surface area contributed by atoms with E-state index in [4.69, 9.17) is 0 Å². The van der Waals surface area contributed by atoms with Crippen molar-refractivity contribution in [2.24, 2.45) is 0 Å². The first kappa shape index (κ1) is 13.3. The highest BCUT2D eigenvalue weighted by molar-refractivity contribution is 5.95. The Balaban J connectivity index is 2.16. The number of aromatic amines is 1. The molecule has 1 aromatic carbocycles. The van der Waals surface area contributed by atoms with Crippen LogP contribution in [0.2, 0.25) is 0 Å². The highest BCUT2D eigenvalue weighted by Gasteiger charge is 2.17. The number of nitrogens with zero attached hydrogens (tertiary/aromatic N) is 1. The maximum absolute atomic E-state index is 12.3. The molecule has 0 saturated heterocycles. The van der Waals surface area contributed by atoms with Crippen LogP contribution in [0, 0.1) is 0 Å². The van der Waals surface area contributed by atoms with Gasteiger partial charge in [0.05, 0.1) is 6.04 Å². The molecule has 1 aromatic heterocycles. The van der Waals surface area contributed by atoms with E-state index in [0.29, 0.717) is 0 Å². The molecule has 0 bridgehead atoms. The topological polar surface area (TPSA) is 57.8 Å². The Morgan fingerprint density at radius 2 is 2.16 bits per heavy atom. The number of aryl methyl sites for hydroxylation is 1. The lowest BCUT2D eigenvalue weighted by molar-refractivity contribution is 0.0933. The Kier molecular flexibility index (Phi) is 4.34. The second-order valence-electron chi connectivity index (χ2n) is 4.42. The van der Waals surface area contributed by atoms with E-state index in [1.807, 2.05) is 31.2 Å². The Morgan fingerprint density at radius 1 is 1.37 bits per heavy atom. The number of carbonyl (C=O) groups is 1. The molecule has 19 heavy (non-hydrogen) atoms. The number of imidazole rings is 1. The molecule has 4 heteroatoms. The number of hydrogen-bond donors (Lipinski definition) is 2. The van der Waals surface area contributed by atoms with E-state index in [1.54, 1.807) is 12.4 Å². The molecule has 4 nitrogen and oxygen atoms in total. The zero-order valence-corrected chi connectivity index (χ0v) is 11.3. The van der Waals surface area contributed by atoms with Gasteiger partial charge in [-0.05, 0) is 24.5 Å². The van der Waals surface area contributed by atoms with E-state index in [2.05, 4.69) is 22.2 Å². The van der Waals surface area contributed by atoms with Gasteiger partial charge in [-0.15, -0.1) is 0 Å². The van der Waals surface area contributed by atoms with E-state index in [1.165, 1.54) is 0 Å². The van der Waals surface area contributed by atoms with Crippen molar-refractivity contribution in [1.29, 1.82) is 0 Å². The molecule has 100 valence electrons. The van der Waals surface area contributed by atoms with Crippen molar-refractivity contribution in [2.45, 2.75) is 32.7 Å². The zero-order chi connectivity index (χ0) is 13.7. The first-order valence-electron chi connectivity index (χ1n) is 6.64. The number of H-pyrrole nitrogens is 1. The number of benzene rings is 1. The first-order valence-corrected chi connectivity index (χ1v) is 6.64. The molecule has 2 aromatic rings. The lowest BCUT2D eigenvalue weighted by atomic mass is 10.0. The van der Waals surface area contributed by atoms with Gasteiger partial charge in [0.1, 0.15) is 5.82 Å². The van der Waals surface area contributed by atoms with Gasteiger partial charge in [-0.25, -0.2) is 4.98 Å². The van der Waals surface area contributed by atoms with Gasteiger partial charge in [0.15, 0.2) is 0 Å². The lowest BCUT2D eigenvalue weighted by Crippen LogP contribution is -2.29. The predicted molar refractivity (Wildman–Crippen MR) is 74.9 cm³/mol. The Morgan fingerprint density at radius 3 is 2.79 bits per heavy atom. The molecule has 0 aliphatic carbocycles. The van der Waals surface area contributed by atoms with Gasteiger partial charge >= 0.3 is 0 Å². The number of hydrogen-bond acceptors (Lipinski definition) is 2. The van der Waals surface area contributed by atoms with Gasteiger partial charge in [0.2, 0.25) is 0 Å². The third-order valence-corrected chi connectivity index (χ3v) is 3.21. The van der Waals surface area contributed by atoms with Crippen molar-refractivity contribution in [3.63, 3.8) is 0 Å². The Bertz CT molecular complexity index is 534. The minimum atomic E-state index is -0.0765. The Labute approximate surface area is 113 Å². The minimum absolute atomic E-state index is 0.0410. The summed E-state index contributed by atoms with van der Waals surface area (Å²) in [5.41, 5.74) is 1.81.